The number of anilines is 1. The standard InChI is InChI=1S/C16H16BrNOS/c1-16(7-2-8-20-16)15(19)18-14-6-4-11-9-13(17)5-3-12(11)10-14/h3-6,9-10H,2,7-8H2,1H3,(H,18,19). The largest absolute Gasteiger partial charge is 0.325 e. The molecule has 104 valence electrons. The molecule has 0 saturated carbocycles. The van der Waals surface area contributed by atoms with Crippen molar-refractivity contribution in [3.8, 4) is 0 Å². The summed E-state index contributed by atoms with van der Waals surface area (Å²) in [6, 6.07) is 12.2. The predicted molar refractivity (Wildman–Crippen MR) is 90.4 cm³/mol. The van der Waals surface area contributed by atoms with Crippen LogP contribution in [-0.2, 0) is 4.79 Å². The molecule has 1 aliphatic heterocycles. The van der Waals surface area contributed by atoms with Crippen LogP contribution in [0.1, 0.15) is 19.8 Å². The molecule has 0 aliphatic carbocycles. The van der Waals surface area contributed by atoms with Crippen molar-refractivity contribution >= 4 is 50.1 Å². The Balaban J connectivity index is 1.84. The van der Waals surface area contributed by atoms with E-state index in [4.69, 9.17) is 0 Å². The van der Waals surface area contributed by atoms with Gasteiger partial charge in [0, 0.05) is 10.2 Å². The van der Waals surface area contributed by atoms with Crippen LogP contribution in [0, 0.1) is 0 Å². The Hall–Kier alpha value is -1.00. The van der Waals surface area contributed by atoms with Gasteiger partial charge in [-0.15, -0.1) is 11.8 Å². The van der Waals surface area contributed by atoms with E-state index >= 15 is 0 Å². The Kier molecular flexibility index (Phi) is 3.78. The molecule has 20 heavy (non-hydrogen) atoms. The number of fused-ring (bicyclic) bond motifs is 1. The van der Waals surface area contributed by atoms with E-state index in [2.05, 4.69) is 33.4 Å². The van der Waals surface area contributed by atoms with Crippen LogP contribution in [0.25, 0.3) is 10.8 Å². The van der Waals surface area contributed by atoms with Crippen LogP contribution in [0.3, 0.4) is 0 Å². The van der Waals surface area contributed by atoms with Gasteiger partial charge in [-0.05, 0) is 60.6 Å². The molecule has 1 aliphatic rings. The SMILES string of the molecule is CC1(C(=O)Nc2ccc3cc(Br)ccc3c2)CCCS1. The molecule has 2 nitrogen and oxygen atoms in total. The van der Waals surface area contributed by atoms with Gasteiger partial charge in [-0.2, -0.15) is 0 Å². The van der Waals surface area contributed by atoms with Gasteiger partial charge in [-0.25, -0.2) is 0 Å². The lowest BCUT2D eigenvalue weighted by atomic mass is 10.0. The molecule has 1 saturated heterocycles. The number of carbonyl (C=O) groups excluding carboxylic acids is 1. The van der Waals surface area contributed by atoms with Gasteiger partial charge in [0.25, 0.3) is 0 Å². The van der Waals surface area contributed by atoms with Crippen molar-refractivity contribution in [1.29, 1.82) is 0 Å². The lowest BCUT2D eigenvalue weighted by molar-refractivity contribution is -0.118. The molecule has 3 rings (SSSR count). The highest BCUT2D eigenvalue weighted by Gasteiger charge is 2.37. The fourth-order valence-corrected chi connectivity index (χ4v) is 4.10. The second kappa shape index (κ2) is 5.41. The minimum Gasteiger partial charge on any atom is -0.325 e. The summed E-state index contributed by atoms with van der Waals surface area (Å²) in [6.45, 7) is 2.04. The molecule has 4 heteroatoms. The summed E-state index contributed by atoms with van der Waals surface area (Å²) in [5.74, 6) is 1.20. The van der Waals surface area contributed by atoms with Gasteiger partial charge in [-0.3, -0.25) is 4.79 Å². The van der Waals surface area contributed by atoms with Gasteiger partial charge >= 0.3 is 0 Å². The van der Waals surface area contributed by atoms with Crippen LogP contribution < -0.4 is 5.32 Å². The zero-order chi connectivity index (χ0) is 14.2. The summed E-state index contributed by atoms with van der Waals surface area (Å²) in [5, 5.41) is 5.36. The van der Waals surface area contributed by atoms with Crippen molar-refractivity contribution < 1.29 is 4.79 Å². The average molecular weight is 350 g/mol. The van der Waals surface area contributed by atoms with Crippen molar-refractivity contribution in [1.82, 2.24) is 0 Å². The molecule has 1 unspecified atom stereocenters. The third kappa shape index (κ3) is 2.72. The van der Waals surface area contributed by atoms with E-state index < -0.39 is 0 Å². The number of thioether (sulfide) groups is 1. The molecule has 0 bridgehead atoms. The minimum atomic E-state index is -0.269. The van der Waals surface area contributed by atoms with Crippen LogP contribution in [0.4, 0.5) is 5.69 Å². The maximum Gasteiger partial charge on any atom is 0.240 e. The molecular weight excluding hydrogens is 334 g/mol. The monoisotopic (exact) mass is 349 g/mol. The fourth-order valence-electron chi connectivity index (χ4n) is 2.52. The van der Waals surface area contributed by atoms with Gasteiger partial charge in [-0.1, -0.05) is 28.1 Å². The van der Waals surface area contributed by atoms with Crippen LogP contribution >= 0.6 is 27.7 Å². The number of amides is 1. The molecule has 1 fully saturated rings. The van der Waals surface area contributed by atoms with E-state index in [0.717, 1.165) is 34.1 Å². The highest BCUT2D eigenvalue weighted by atomic mass is 79.9. The second-order valence-electron chi connectivity index (χ2n) is 5.34. The summed E-state index contributed by atoms with van der Waals surface area (Å²) >= 11 is 5.23. The van der Waals surface area contributed by atoms with Crippen molar-refractivity contribution in [3.63, 3.8) is 0 Å². The normalized spacial score (nSPS) is 22.1. The predicted octanol–water partition coefficient (Wildman–Crippen LogP) is 4.83. The third-order valence-electron chi connectivity index (χ3n) is 3.76. The van der Waals surface area contributed by atoms with Gasteiger partial charge in [0.05, 0.1) is 4.75 Å². The molecule has 2 aromatic rings. The number of hydrogen-bond donors (Lipinski definition) is 1. The zero-order valence-electron chi connectivity index (χ0n) is 11.3. The molecular formula is C16H16BrNOS. The Morgan fingerprint density at radius 1 is 1.25 bits per heavy atom. The van der Waals surface area contributed by atoms with Crippen molar-refractivity contribution in [2.75, 3.05) is 11.1 Å². The molecule has 1 atom stereocenters. The van der Waals surface area contributed by atoms with Gasteiger partial charge < -0.3 is 5.32 Å². The summed E-state index contributed by atoms with van der Waals surface area (Å²) < 4.78 is 0.797. The highest BCUT2D eigenvalue weighted by Crippen LogP contribution is 2.38. The van der Waals surface area contributed by atoms with Crippen LogP contribution in [0.2, 0.25) is 0 Å². The fraction of sp³-hybridized carbons (Fsp3) is 0.312. The number of nitrogens with one attached hydrogen (secondary N) is 1. The first kappa shape index (κ1) is 14.0. The van der Waals surface area contributed by atoms with Gasteiger partial charge in [0.15, 0.2) is 0 Å². The van der Waals surface area contributed by atoms with Crippen LogP contribution in [0.15, 0.2) is 40.9 Å². The van der Waals surface area contributed by atoms with E-state index in [0.29, 0.717) is 0 Å². The quantitative estimate of drug-likeness (QED) is 0.841. The molecule has 0 aromatic heterocycles. The van der Waals surface area contributed by atoms with E-state index in [-0.39, 0.29) is 10.7 Å². The third-order valence-corrected chi connectivity index (χ3v) is 5.77. The number of benzene rings is 2. The first-order valence-electron chi connectivity index (χ1n) is 6.72. The summed E-state index contributed by atoms with van der Waals surface area (Å²) in [6.07, 6.45) is 2.09. The van der Waals surface area contributed by atoms with E-state index in [1.807, 2.05) is 31.2 Å². The van der Waals surface area contributed by atoms with Crippen LogP contribution in [0.5, 0.6) is 0 Å². The van der Waals surface area contributed by atoms with Crippen molar-refractivity contribution in [3.05, 3.63) is 40.9 Å². The lowest BCUT2D eigenvalue weighted by Gasteiger charge is -2.21. The summed E-state index contributed by atoms with van der Waals surface area (Å²) in [7, 11) is 0. The first-order chi connectivity index (χ1) is 9.57. The summed E-state index contributed by atoms with van der Waals surface area (Å²) in [5.41, 5.74) is 0.874. The first-order valence-corrected chi connectivity index (χ1v) is 8.49. The number of hydrogen-bond acceptors (Lipinski definition) is 2. The zero-order valence-corrected chi connectivity index (χ0v) is 13.7. The summed E-state index contributed by atoms with van der Waals surface area (Å²) in [4.78, 5) is 12.4. The number of rotatable bonds is 2. The minimum absolute atomic E-state index is 0.122. The Morgan fingerprint density at radius 2 is 2.00 bits per heavy atom. The van der Waals surface area contributed by atoms with E-state index in [9.17, 15) is 4.79 Å². The molecule has 0 radical (unpaired) electrons. The Morgan fingerprint density at radius 3 is 2.75 bits per heavy atom. The highest BCUT2D eigenvalue weighted by molar-refractivity contribution is 9.10. The second-order valence-corrected chi connectivity index (χ2v) is 7.86. The molecule has 0 spiro atoms. The Labute approximate surface area is 131 Å². The molecule has 1 N–H and O–H groups in total. The van der Waals surface area contributed by atoms with E-state index in [1.165, 1.54) is 5.39 Å². The van der Waals surface area contributed by atoms with E-state index in [1.54, 1.807) is 11.8 Å². The average Bonchev–Trinajstić information content (AvgIpc) is 2.87. The lowest BCUT2D eigenvalue weighted by Crippen LogP contribution is -2.34. The Bertz CT molecular complexity index is 665. The van der Waals surface area contributed by atoms with Gasteiger partial charge in [0.1, 0.15) is 0 Å². The van der Waals surface area contributed by atoms with Gasteiger partial charge in [0.2, 0.25) is 5.91 Å². The van der Waals surface area contributed by atoms with Crippen molar-refractivity contribution in [2.45, 2.75) is 24.5 Å². The van der Waals surface area contributed by atoms with Crippen LogP contribution in [-0.4, -0.2) is 16.4 Å². The number of carbonyl (C=O) groups is 1. The number of halogens is 1. The maximum absolute atomic E-state index is 12.4. The topological polar surface area (TPSA) is 29.1 Å². The molecule has 1 amide bonds. The smallest absolute Gasteiger partial charge is 0.240 e. The molecule has 1 heterocycles. The maximum atomic E-state index is 12.4. The van der Waals surface area contributed by atoms with Crippen molar-refractivity contribution in [2.24, 2.45) is 0 Å². The molecule has 2 aromatic carbocycles.